The molecule has 0 amide bonds. The molecule has 0 aliphatic carbocycles. The minimum absolute atomic E-state index is 0.403. The van der Waals surface area contributed by atoms with Crippen molar-refractivity contribution in [2.45, 2.75) is 51.7 Å². The maximum atomic E-state index is 10.6. The van der Waals surface area contributed by atoms with E-state index in [0.717, 1.165) is 18.4 Å². The second-order valence-corrected chi connectivity index (χ2v) is 5.44. The fourth-order valence-electron chi connectivity index (χ4n) is 2.42. The molecule has 0 saturated heterocycles. The quantitative estimate of drug-likeness (QED) is 0.804. The molecule has 0 bridgehead atoms. The average Bonchev–Trinajstić information content (AvgIpc) is 2.40. The van der Waals surface area contributed by atoms with Crippen LogP contribution in [0.4, 0.5) is 0 Å². The monoisotopic (exact) mass is 304 g/mol. The Morgan fingerprint density at radius 1 is 1.16 bits per heavy atom. The fraction of sp³-hybridized carbons (Fsp3) is 0.600. The van der Waals surface area contributed by atoms with Gasteiger partial charge in [0.15, 0.2) is 0 Å². The fourth-order valence-corrected chi connectivity index (χ4v) is 2.97. The molecule has 1 N–H and O–H groups in total. The lowest BCUT2D eigenvalue weighted by Gasteiger charge is -2.36. The molecule has 4 heteroatoms. The van der Waals surface area contributed by atoms with Gasteiger partial charge < -0.3 is 9.84 Å². The van der Waals surface area contributed by atoms with Gasteiger partial charge in [-0.3, -0.25) is 0 Å². The third-order valence-electron chi connectivity index (χ3n) is 3.70. The summed E-state index contributed by atoms with van der Waals surface area (Å²) in [4.78, 5) is 0. The minimum atomic E-state index is -0.625. The maximum absolute atomic E-state index is 10.6. The Morgan fingerprint density at radius 2 is 1.68 bits per heavy atom. The second-order valence-electron chi connectivity index (χ2n) is 4.63. The van der Waals surface area contributed by atoms with Crippen molar-refractivity contribution >= 4 is 23.2 Å². The van der Waals surface area contributed by atoms with Crippen molar-refractivity contribution in [3.8, 4) is 0 Å². The Bertz CT molecular complexity index is 383. The first kappa shape index (κ1) is 16.8. The SMILES string of the molecule is CCOC(CC)(CC)C(O)Cc1c(Cl)cccc1Cl. The largest absolute Gasteiger partial charge is 0.390 e. The van der Waals surface area contributed by atoms with Crippen molar-refractivity contribution in [1.82, 2.24) is 0 Å². The minimum Gasteiger partial charge on any atom is -0.390 e. The van der Waals surface area contributed by atoms with Gasteiger partial charge >= 0.3 is 0 Å². The third kappa shape index (κ3) is 3.85. The summed E-state index contributed by atoms with van der Waals surface area (Å²) in [6, 6.07) is 5.38. The van der Waals surface area contributed by atoms with Crippen molar-refractivity contribution in [1.29, 1.82) is 0 Å². The number of hydrogen-bond acceptors (Lipinski definition) is 2. The zero-order valence-corrected chi connectivity index (χ0v) is 13.3. The molecule has 0 fully saturated rings. The number of aliphatic hydroxyl groups excluding tert-OH is 1. The van der Waals surface area contributed by atoms with Crippen LogP contribution in [-0.4, -0.2) is 23.4 Å². The van der Waals surface area contributed by atoms with Crippen LogP contribution in [0, 0.1) is 0 Å². The molecular formula is C15H22Cl2O2. The molecule has 1 atom stereocenters. The molecule has 0 aromatic heterocycles. The lowest BCUT2D eigenvalue weighted by molar-refractivity contribution is -0.124. The van der Waals surface area contributed by atoms with Crippen LogP contribution >= 0.6 is 23.2 Å². The molecule has 0 saturated carbocycles. The van der Waals surface area contributed by atoms with Crippen molar-refractivity contribution in [2.75, 3.05) is 6.61 Å². The predicted molar refractivity (Wildman–Crippen MR) is 81.1 cm³/mol. The number of ether oxygens (including phenoxy) is 1. The average molecular weight is 305 g/mol. The summed E-state index contributed by atoms with van der Waals surface area (Å²) in [6.45, 7) is 6.57. The van der Waals surface area contributed by atoms with Crippen molar-refractivity contribution in [2.24, 2.45) is 0 Å². The van der Waals surface area contributed by atoms with E-state index in [9.17, 15) is 5.11 Å². The molecule has 0 radical (unpaired) electrons. The lowest BCUT2D eigenvalue weighted by Crippen LogP contribution is -2.45. The second kappa shape index (κ2) is 7.49. The molecule has 0 heterocycles. The number of benzene rings is 1. The van der Waals surface area contributed by atoms with Gasteiger partial charge in [-0.05, 0) is 37.5 Å². The van der Waals surface area contributed by atoms with Gasteiger partial charge in [0.25, 0.3) is 0 Å². The van der Waals surface area contributed by atoms with Gasteiger partial charge in [0.2, 0.25) is 0 Å². The van der Waals surface area contributed by atoms with Gasteiger partial charge in [0.1, 0.15) is 0 Å². The van der Waals surface area contributed by atoms with Crippen LogP contribution in [-0.2, 0) is 11.2 Å². The molecule has 1 aromatic carbocycles. The first-order chi connectivity index (χ1) is 9.00. The van der Waals surface area contributed by atoms with Gasteiger partial charge in [-0.15, -0.1) is 0 Å². The van der Waals surface area contributed by atoms with E-state index in [1.807, 2.05) is 20.8 Å². The smallest absolute Gasteiger partial charge is 0.0938 e. The zero-order chi connectivity index (χ0) is 14.5. The number of aliphatic hydroxyl groups is 1. The Balaban J connectivity index is 2.96. The summed E-state index contributed by atoms with van der Waals surface area (Å²) in [5, 5.41) is 11.7. The standard InChI is InChI=1S/C15H22Cl2O2/c1-4-15(5-2,19-6-3)14(18)10-11-12(16)8-7-9-13(11)17/h7-9,14,18H,4-6,10H2,1-3H3. The molecule has 1 unspecified atom stereocenters. The normalized spacial score (nSPS) is 13.6. The Morgan fingerprint density at radius 3 is 2.11 bits per heavy atom. The van der Waals surface area contributed by atoms with E-state index >= 15 is 0 Å². The van der Waals surface area contributed by atoms with Crippen molar-refractivity contribution in [3.05, 3.63) is 33.8 Å². The van der Waals surface area contributed by atoms with Crippen LogP contribution < -0.4 is 0 Å². The van der Waals surface area contributed by atoms with Gasteiger partial charge in [-0.2, -0.15) is 0 Å². The van der Waals surface area contributed by atoms with Crippen LogP contribution in [0.15, 0.2) is 18.2 Å². The first-order valence-corrected chi connectivity index (χ1v) is 7.51. The van der Waals surface area contributed by atoms with E-state index in [2.05, 4.69) is 0 Å². The maximum Gasteiger partial charge on any atom is 0.0938 e. The Kier molecular flexibility index (Phi) is 6.61. The molecule has 0 spiro atoms. The van der Waals surface area contributed by atoms with E-state index in [4.69, 9.17) is 27.9 Å². The zero-order valence-electron chi connectivity index (χ0n) is 11.7. The summed E-state index contributed by atoms with van der Waals surface area (Å²) >= 11 is 12.3. The van der Waals surface area contributed by atoms with Crippen LogP contribution in [0.5, 0.6) is 0 Å². The van der Waals surface area contributed by atoms with Gasteiger partial charge in [-0.1, -0.05) is 43.1 Å². The molecule has 0 aliphatic heterocycles. The summed E-state index contributed by atoms with van der Waals surface area (Å²) in [5.41, 5.74) is 0.251. The molecule has 108 valence electrons. The highest BCUT2D eigenvalue weighted by Crippen LogP contribution is 2.31. The summed E-state index contributed by atoms with van der Waals surface area (Å²) in [7, 11) is 0. The van der Waals surface area contributed by atoms with Gasteiger partial charge in [-0.25, -0.2) is 0 Å². The Hall–Kier alpha value is -0.280. The van der Waals surface area contributed by atoms with Gasteiger partial charge in [0, 0.05) is 23.1 Å². The topological polar surface area (TPSA) is 29.5 Å². The molecule has 2 nitrogen and oxygen atoms in total. The number of rotatable bonds is 7. The lowest BCUT2D eigenvalue weighted by atomic mass is 9.86. The first-order valence-electron chi connectivity index (χ1n) is 6.75. The van der Waals surface area contributed by atoms with Crippen LogP contribution in [0.2, 0.25) is 10.0 Å². The van der Waals surface area contributed by atoms with Crippen LogP contribution in [0.1, 0.15) is 39.2 Å². The van der Waals surface area contributed by atoms with Gasteiger partial charge in [0.05, 0.1) is 11.7 Å². The van der Waals surface area contributed by atoms with Crippen molar-refractivity contribution in [3.63, 3.8) is 0 Å². The molecule has 0 aliphatic rings. The highest BCUT2D eigenvalue weighted by Gasteiger charge is 2.35. The third-order valence-corrected chi connectivity index (χ3v) is 4.40. The number of halogens is 2. The highest BCUT2D eigenvalue weighted by atomic mass is 35.5. The van der Waals surface area contributed by atoms with E-state index in [0.29, 0.717) is 23.1 Å². The molecule has 1 rings (SSSR count). The molecular weight excluding hydrogens is 283 g/mol. The highest BCUT2D eigenvalue weighted by molar-refractivity contribution is 6.36. The van der Waals surface area contributed by atoms with E-state index in [1.54, 1.807) is 18.2 Å². The summed E-state index contributed by atoms with van der Waals surface area (Å²) in [5.74, 6) is 0. The number of hydrogen-bond donors (Lipinski definition) is 1. The van der Waals surface area contributed by atoms with E-state index in [1.165, 1.54) is 0 Å². The Labute approximate surface area is 125 Å². The molecule has 19 heavy (non-hydrogen) atoms. The summed E-state index contributed by atoms with van der Waals surface area (Å²) < 4.78 is 5.81. The predicted octanol–water partition coefficient (Wildman–Crippen LogP) is 4.49. The van der Waals surface area contributed by atoms with Crippen LogP contribution in [0.3, 0.4) is 0 Å². The van der Waals surface area contributed by atoms with Crippen LogP contribution in [0.25, 0.3) is 0 Å². The van der Waals surface area contributed by atoms with E-state index < -0.39 is 11.7 Å². The molecule has 1 aromatic rings. The summed E-state index contributed by atoms with van der Waals surface area (Å²) in [6.07, 6.45) is 1.28. The van der Waals surface area contributed by atoms with Crippen molar-refractivity contribution < 1.29 is 9.84 Å². The van der Waals surface area contributed by atoms with E-state index in [-0.39, 0.29) is 0 Å².